The number of carbonyl (C=O) groups is 1. The number of amides is 1. The van der Waals surface area contributed by atoms with Crippen LogP contribution >= 0.6 is 0 Å². The number of hydrogen-bond acceptors (Lipinski definition) is 4. The Morgan fingerprint density at radius 1 is 1.04 bits per heavy atom. The van der Waals surface area contributed by atoms with Crippen molar-refractivity contribution in [3.05, 3.63) is 53.0 Å². The summed E-state index contributed by atoms with van der Waals surface area (Å²) in [6.45, 7) is 3.66. The molecule has 0 bridgehead atoms. The van der Waals surface area contributed by atoms with Gasteiger partial charge in [0.15, 0.2) is 5.76 Å². The molecule has 1 amide bonds. The summed E-state index contributed by atoms with van der Waals surface area (Å²) in [5.74, 6) is 1.46. The lowest BCUT2D eigenvalue weighted by Gasteiger charge is -2.19. The lowest BCUT2D eigenvalue weighted by Crippen LogP contribution is -2.32. The number of fused-ring (bicyclic) bond motifs is 1. The van der Waals surface area contributed by atoms with Gasteiger partial charge < -0.3 is 9.32 Å². The molecule has 1 saturated heterocycles. The van der Waals surface area contributed by atoms with Gasteiger partial charge in [0.25, 0.3) is 5.91 Å². The molecule has 1 fully saturated rings. The van der Waals surface area contributed by atoms with Gasteiger partial charge in [-0.25, -0.2) is 0 Å². The van der Waals surface area contributed by atoms with Crippen LogP contribution in [0.2, 0.25) is 0 Å². The first-order valence-corrected chi connectivity index (χ1v) is 10.0. The minimum atomic E-state index is 0.0409. The molecule has 2 aromatic rings. The first-order valence-electron chi connectivity index (χ1n) is 10.0. The molecule has 142 valence electrons. The number of aryl methyl sites for hydroxylation is 1. The van der Waals surface area contributed by atoms with Gasteiger partial charge in [-0.05, 0) is 44.7 Å². The molecule has 5 heteroatoms. The Labute approximate surface area is 160 Å². The number of anilines is 1. The van der Waals surface area contributed by atoms with Gasteiger partial charge in [0.1, 0.15) is 5.76 Å². The summed E-state index contributed by atoms with van der Waals surface area (Å²) in [6, 6.07) is 9.93. The molecule has 1 aromatic heterocycles. The molecule has 1 N–H and O–H groups in total. The van der Waals surface area contributed by atoms with Crippen molar-refractivity contribution < 1.29 is 9.21 Å². The van der Waals surface area contributed by atoms with Crippen LogP contribution in [0.15, 0.2) is 39.9 Å². The number of carbonyl (C=O) groups excluding carboxylic acids is 1. The molecule has 0 radical (unpaired) electrons. The molecule has 0 spiro atoms. The smallest absolute Gasteiger partial charge is 0.289 e. The third-order valence-electron chi connectivity index (χ3n) is 5.51. The first kappa shape index (κ1) is 17.8. The van der Waals surface area contributed by atoms with E-state index < -0.39 is 0 Å². The second kappa shape index (κ2) is 7.99. The quantitative estimate of drug-likeness (QED) is 0.798. The molecule has 1 aliphatic carbocycles. The number of para-hydroxylation sites is 1. The summed E-state index contributed by atoms with van der Waals surface area (Å²) in [4.78, 5) is 15.0. The normalized spacial score (nSPS) is 18.9. The summed E-state index contributed by atoms with van der Waals surface area (Å²) in [7, 11) is 0. The maximum Gasteiger partial charge on any atom is 0.289 e. The first-order chi connectivity index (χ1) is 13.2. The zero-order valence-corrected chi connectivity index (χ0v) is 16.0. The van der Waals surface area contributed by atoms with Crippen LogP contribution in [-0.4, -0.2) is 29.6 Å². The van der Waals surface area contributed by atoms with Crippen LogP contribution in [0.4, 0.5) is 5.69 Å². The fourth-order valence-electron chi connectivity index (χ4n) is 4.05. The van der Waals surface area contributed by atoms with Crippen molar-refractivity contribution in [1.82, 2.24) is 4.90 Å². The molecule has 4 rings (SSSR count). The standard InChI is InChI=1S/C22H27N3O2/c1-16-20-18(24-23-17-10-5-4-6-11-17)12-9-13-19(20)27-21(16)22(26)25-14-7-2-3-8-15-25/h4-6,10-11,23H,2-3,7-9,12-15H2,1H3/b24-18+. The fraction of sp³-hybridized carbons (Fsp3) is 0.455. The monoisotopic (exact) mass is 365 g/mol. The third kappa shape index (κ3) is 3.77. The second-order valence-corrected chi connectivity index (χ2v) is 7.45. The second-order valence-electron chi connectivity index (χ2n) is 7.45. The highest BCUT2D eigenvalue weighted by atomic mass is 16.4. The van der Waals surface area contributed by atoms with E-state index in [0.29, 0.717) is 5.76 Å². The van der Waals surface area contributed by atoms with Crippen LogP contribution in [0.5, 0.6) is 0 Å². The van der Waals surface area contributed by atoms with E-state index in [9.17, 15) is 4.79 Å². The van der Waals surface area contributed by atoms with Gasteiger partial charge in [0.2, 0.25) is 0 Å². The van der Waals surface area contributed by atoms with Crippen molar-refractivity contribution >= 4 is 17.3 Å². The predicted octanol–water partition coefficient (Wildman–Crippen LogP) is 4.76. The number of furan rings is 1. The number of benzene rings is 1. The van der Waals surface area contributed by atoms with Crippen molar-refractivity contribution in [3.8, 4) is 0 Å². The highest BCUT2D eigenvalue weighted by Gasteiger charge is 2.30. The molecule has 5 nitrogen and oxygen atoms in total. The molecular formula is C22H27N3O2. The number of nitrogens with zero attached hydrogens (tertiary/aromatic N) is 2. The average molecular weight is 365 g/mol. The van der Waals surface area contributed by atoms with E-state index in [1.54, 1.807) is 0 Å². The third-order valence-corrected chi connectivity index (χ3v) is 5.51. The summed E-state index contributed by atoms with van der Waals surface area (Å²) in [5.41, 5.74) is 7.05. The fourth-order valence-corrected chi connectivity index (χ4v) is 4.05. The zero-order chi connectivity index (χ0) is 18.6. The maximum atomic E-state index is 13.1. The molecule has 1 aromatic carbocycles. The Bertz CT molecular complexity index is 831. The Morgan fingerprint density at radius 3 is 2.52 bits per heavy atom. The molecule has 2 aliphatic rings. The molecule has 0 unspecified atom stereocenters. The van der Waals surface area contributed by atoms with Gasteiger partial charge in [-0.15, -0.1) is 0 Å². The average Bonchev–Trinajstić information content (AvgIpc) is 2.88. The van der Waals surface area contributed by atoms with E-state index in [1.165, 1.54) is 12.8 Å². The van der Waals surface area contributed by atoms with E-state index in [-0.39, 0.29) is 5.91 Å². The Hall–Kier alpha value is -2.56. The summed E-state index contributed by atoms with van der Waals surface area (Å²) < 4.78 is 6.08. The van der Waals surface area contributed by atoms with Crippen LogP contribution in [0.25, 0.3) is 0 Å². The minimum absolute atomic E-state index is 0.0409. The predicted molar refractivity (Wildman–Crippen MR) is 107 cm³/mol. The van der Waals surface area contributed by atoms with E-state index in [2.05, 4.69) is 10.5 Å². The van der Waals surface area contributed by atoms with E-state index in [0.717, 1.165) is 73.5 Å². The lowest BCUT2D eigenvalue weighted by atomic mass is 9.93. The van der Waals surface area contributed by atoms with Crippen molar-refractivity contribution in [2.24, 2.45) is 5.10 Å². The topological polar surface area (TPSA) is 57.8 Å². The van der Waals surface area contributed by atoms with Gasteiger partial charge in [0.05, 0.1) is 11.4 Å². The van der Waals surface area contributed by atoms with E-state index in [4.69, 9.17) is 4.42 Å². The summed E-state index contributed by atoms with van der Waals surface area (Å²) in [6.07, 6.45) is 7.33. The van der Waals surface area contributed by atoms with E-state index >= 15 is 0 Å². The zero-order valence-electron chi connectivity index (χ0n) is 16.0. The molecule has 27 heavy (non-hydrogen) atoms. The van der Waals surface area contributed by atoms with Crippen molar-refractivity contribution in [3.63, 3.8) is 0 Å². The minimum Gasteiger partial charge on any atom is -0.455 e. The van der Waals surface area contributed by atoms with Gasteiger partial charge in [-0.3, -0.25) is 10.2 Å². The Balaban J connectivity index is 1.60. The van der Waals surface area contributed by atoms with Crippen LogP contribution in [0.1, 0.15) is 66.0 Å². The van der Waals surface area contributed by atoms with Gasteiger partial charge in [-0.1, -0.05) is 31.0 Å². The Kier molecular flexibility index (Phi) is 5.28. The number of rotatable bonds is 3. The van der Waals surface area contributed by atoms with Crippen molar-refractivity contribution in [2.45, 2.75) is 51.9 Å². The Morgan fingerprint density at radius 2 is 1.78 bits per heavy atom. The summed E-state index contributed by atoms with van der Waals surface area (Å²) in [5, 5.41) is 4.64. The van der Waals surface area contributed by atoms with Gasteiger partial charge in [-0.2, -0.15) is 5.10 Å². The molecule has 1 aliphatic heterocycles. The SMILES string of the molecule is Cc1c(C(=O)N2CCCCCC2)oc2c1/C(=N/Nc1ccccc1)CCC2. The van der Waals surface area contributed by atoms with Crippen LogP contribution in [0, 0.1) is 6.92 Å². The van der Waals surface area contributed by atoms with Crippen LogP contribution in [0.3, 0.4) is 0 Å². The number of nitrogens with one attached hydrogen (secondary N) is 1. The van der Waals surface area contributed by atoms with Gasteiger partial charge in [0, 0.05) is 30.6 Å². The molecule has 2 heterocycles. The molecular weight excluding hydrogens is 338 g/mol. The van der Waals surface area contributed by atoms with Crippen LogP contribution in [-0.2, 0) is 6.42 Å². The highest BCUT2D eigenvalue weighted by molar-refractivity contribution is 6.06. The molecule has 0 saturated carbocycles. The number of likely N-dealkylation sites (tertiary alicyclic amines) is 1. The number of hydrogen-bond donors (Lipinski definition) is 1. The van der Waals surface area contributed by atoms with Crippen molar-refractivity contribution in [2.75, 3.05) is 18.5 Å². The lowest BCUT2D eigenvalue weighted by molar-refractivity contribution is 0.0726. The number of hydrazone groups is 1. The molecule has 0 atom stereocenters. The van der Waals surface area contributed by atoms with Crippen molar-refractivity contribution in [1.29, 1.82) is 0 Å². The van der Waals surface area contributed by atoms with Crippen LogP contribution < -0.4 is 5.43 Å². The maximum absolute atomic E-state index is 13.1. The largest absolute Gasteiger partial charge is 0.455 e. The van der Waals surface area contributed by atoms with Gasteiger partial charge >= 0.3 is 0 Å². The van der Waals surface area contributed by atoms with E-state index in [1.807, 2.05) is 42.2 Å². The highest BCUT2D eigenvalue weighted by Crippen LogP contribution is 2.31. The summed E-state index contributed by atoms with van der Waals surface area (Å²) >= 11 is 0.